The van der Waals surface area contributed by atoms with Crippen LogP contribution in [-0.2, 0) is 11.3 Å². The van der Waals surface area contributed by atoms with Gasteiger partial charge in [-0.3, -0.25) is 4.79 Å². The SMILES string of the molecule is [B]c1ccc(N(Cc2cc(OC)ccc2OC)C(C)=O)c(Oc2ccc(Cl)cc2)n1. The standard InChI is InChI=1S/C22H20BClN2O4/c1-14(27)26(13-15-12-18(28-2)8-10-20(15)29-3)19-9-11-21(23)25-22(19)30-17-6-4-16(24)5-7-17/h4-12H,13H2,1-3H3. The second-order valence-electron chi connectivity index (χ2n) is 6.40. The Bertz CT molecular complexity index is 1040. The predicted octanol–water partition coefficient (Wildman–Crippen LogP) is 3.89. The Kier molecular flexibility index (Phi) is 6.85. The quantitative estimate of drug-likeness (QED) is 0.541. The van der Waals surface area contributed by atoms with Crippen LogP contribution >= 0.6 is 11.6 Å². The van der Waals surface area contributed by atoms with Crippen LogP contribution in [0, 0.1) is 0 Å². The van der Waals surface area contributed by atoms with Crippen LogP contribution in [0.3, 0.4) is 0 Å². The van der Waals surface area contributed by atoms with Crippen molar-refractivity contribution in [2.45, 2.75) is 13.5 Å². The molecule has 0 saturated carbocycles. The van der Waals surface area contributed by atoms with Crippen molar-refractivity contribution >= 4 is 36.6 Å². The van der Waals surface area contributed by atoms with Crippen molar-refractivity contribution in [3.8, 4) is 23.1 Å². The number of pyridine rings is 1. The zero-order valence-corrected chi connectivity index (χ0v) is 17.6. The molecule has 30 heavy (non-hydrogen) atoms. The summed E-state index contributed by atoms with van der Waals surface area (Å²) in [5.74, 6) is 1.80. The molecule has 2 radical (unpaired) electrons. The number of aromatic nitrogens is 1. The summed E-state index contributed by atoms with van der Waals surface area (Å²) in [7, 11) is 9.02. The zero-order valence-electron chi connectivity index (χ0n) is 16.9. The van der Waals surface area contributed by atoms with Gasteiger partial charge in [-0.05, 0) is 60.2 Å². The molecule has 2 aromatic carbocycles. The van der Waals surface area contributed by atoms with Gasteiger partial charge in [0, 0.05) is 17.5 Å². The van der Waals surface area contributed by atoms with E-state index in [0.717, 1.165) is 5.56 Å². The number of anilines is 1. The van der Waals surface area contributed by atoms with E-state index in [0.29, 0.717) is 28.0 Å². The Hall–Kier alpha value is -3.19. The van der Waals surface area contributed by atoms with Crippen molar-refractivity contribution in [2.75, 3.05) is 19.1 Å². The van der Waals surface area contributed by atoms with Gasteiger partial charge in [-0.15, -0.1) is 0 Å². The van der Waals surface area contributed by atoms with E-state index in [2.05, 4.69) is 4.98 Å². The first kappa shape index (κ1) is 21.5. The number of carbonyl (C=O) groups is 1. The highest BCUT2D eigenvalue weighted by Crippen LogP contribution is 2.33. The molecule has 0 aliphatic carbocycles. The van der Waals surface area contributed by atoms with Gasteiger partial charge in [-0.1, -0.05) is 11.6 Å². The summed E-state index contributed by atoms with van der Waals surface area (Å²) in [6, 6.07) is 15.5. The van der Waals surface area contributed by atoms with Crippen molar-refractivity contribution in [3.63, 3.8) is 0 Å². The summed E-state index contributed by atoms with van der Waals surface area (Å²) in [4.78, 5) is 18.4. The van der Waals surface area contributed by atoms with Gasteiger partial charge in [-0.25, -0.2) is 4.98 Å². The number of ether oxygens (including phenoxy) is 3. The third-order valence-electron chi connectivity index (χ3n) is 4.38. The van der Waals surface area contributed by atoms with Gasteiger partial charge in [0.15, 0.2) is 0 Å². The number of halogens is 1. The first-order valence-electron chi connectivity index (χ1n) is 9.10. The third-order valence-corrected chi connectivity index (χ3v) is 4.63. The maximum Gasteiger partial charge on any atom is 0.242 e. The fourth-order valence-electron chi connectivity index (χ4n) is 2.88. The average Bonchev–Trinajstić information content (AvgIpc) is 2.74. The summed E-state index contributed by atoms with van der Waals surface area (Å²) >= 11 is 5.94. The molecule has 0 N–H and O–H groups in total. The molecule has 0 saturated heterocycles. The Morgan fingerprint density at radius 1 is 1.03 bits per heavy atom. The summed E-state index contributed by atoms with van der Waals surface area (Å²) < 4.78 is 16.7. The van der Waals surface area contributed by atoms with Crippen LogP contribution < -0.4 is 24.7 Å². The summed E-state index contributed by atoms with van der Waals surface area (Å²) in [5.41, 5.74) is 1.50. The number of amides is 1. The highest BCUT2D eigenvalue weighted by Gasteiger charge is 2.21. The summed E-state index contributed by atoms with van der Waals surface area (Å²) in [6.07, 6.45) is 0. The molecule has 0 fully saturated rings. The minimum absolute atomic E-state index is 0.201. The van der Waals surface area contributed by atoms with Crippen LogP contribution in [0.2, 0.25) is 5.02 Å². The first-order chi connectivity index (χ1) is 14.4. The largest absolute Gasteiger partial charge is 0.497 e. The molecular formula is C22H20BClN2O4. The minimum Gasteiger partial charge on any atom is -0.497 e. The Morgan fingerprint density at radius 2 is 1.73 bits per heavy atom. The summed E-state index contributed by atoms with van der Waals surface area (Å²) in [5, 5.41) is 0.582. The smallest absolute Gasteiger partial charge is 0.242 e. The highest BCUT2D eigenvalue weighted by molar-refractivity contribution is 6.31. The van der Waals surface area contributed by atoms with Gasteiger partial charge in [-0.2, -0.15) is 0 Å². The van der Waals surface area contributed by atoms with E-state index in [4.69, 9.17) is 33.7 Å². The van der Waals surface area contributed by atoms with Gasteiger partial charge in [0.1, 0.15) is 30.8 Å². The molecule has 3 rings (SSSR count). The molecule has 3 aromatic rings. The minimum atomic E-state index is -0.201. The second kappa shape index (κ2) is 9.54. The number of hydrogen-bond acceptors (Lipinski definition) is 5. The Balaban J connectivity index is 2.00. The lowest BCUT2D eigenvalue weighted by Crippen LogP contribution is -2.29. The maximum absolute atomic E-state index is 12.6. The van der Waals surface area contributed by atoms with Gasteiger partial charge in [0.05, 0.1) is 20.8 Å². The van der Waals surface area contributed by atoms with Gasteiger partial charge < -0.3 is 19.1 Å². The number of methoxy groups -OCH3 is 2. The molecule has 6 nitrogen and oxygen atoms in total. The topological polar surface area (TPSA) is 60.9 Å². The van der Waals surface area contributed by atoms with Crippen LogP contribution in [0.1, 0.15) is 12.5 Å². The van der Waals surface area contributed by atoms with Crippen molar-refractivity contribution in [3.05, 3.63) is 65.2 Å². The number of carbonyl (C=O) groups excluding carboxylic acids is 1. The summed E-state index contributed by atoms with van der Waals surface area (Å²) in [6.45, 7) is 1.69. The lowest BCUT2D eigenvalue weighted by Gasteiger charge is -2.24. The molecule has 0 aliphatic rings. The molecule has 152 valence electrons. The molecular weight excluding hydrogens is 403 g/mol. The lowest BCUT2D eigenvalue weighted by atomic mass is 10.0. The molecule has 1 aromatic heterocycles. The fraction of sp³-hybridized carbons (Fsp3) is 0.182. The van der Waals surface area contributed by atoms with Crippen LogP contribution in [-0.4, -0.2) is 33.0 Å². The van der Waals surface area contributed by atoms with E-state index in [9.17, 15) is 4.79 Å². The van der Waals surface area contributed by atoms with E-state index >= 15 is 0 Å². The molecule has 0 atom stereocenters. The highest BCUT2D eigenvalue weighted by atomic mass is 35.5. The van der Waals surface area contributed by atoms with E-state index in [1.165, 1.54) is 11.8 Å². The predicted molar refractivity (Wildman–Crippen MR) is 118 cm³/mol. The van der Waals surface area contributed by atoms with Crippen molar-refractivity contribution in [1.29, 1.82) is 0 Å². The molecule has 1 heterocycles. The second-order valence-corrected chi connectivity index (χ2v) is 6.84. The zero-order chi connectivity index (χ0) is 21.7. The van der Waals surface area contributed by atoms with E-state index in [-0.39, 0.29) is 23.9 Å². The molecule has 0 aliphatic heterocycles. The normalized spacial score (nSPS) is 10.4. The van der Waals surface area contributed by atoms with Gasteiger partial charge >= 0.3 is 0 Å². The number of benzene rings is 2. The third kappa shape index (κ3) is 5.05. The van der Waals surface area contributed by atoms with Crippen molar-refractivity contribution in [2.24, 2.45) is 0 Å². The van der Waals surface area contributed by atoms with Crippen molar-refractivity contribution < 1.29 is 19.0 Å². The maximum atomic E-state index is 12.6. The van der Waals surface area contributed by atoms with Crippen LogP contribution in [0.25, 0.3) is 0 Å². The number of rotatable bonds is 7. The number of nitrogens with zero attached hydrogens (tertiary/aromatic N) is 2. The molecule has 0 spiro atoms. The molecule has 0 unspecified atom stereocenters. The van der Waals surface area contributed by atoms with E-state index in [1.807, 2.05) is 6.07 Å². The van der Waals surface area contributed by atoms with Gasteiger partial charge in [0.25, 0.3) is 0 Å². The Labute approximate surface area is 181 Å². The van der Waals surface area contributed by atoms with Crippen LogP contribution in [0.4, 0.5) is 5.69 Å². The molecule has 8 heteroatoms. The average molecular weight is 423 g/mol. The van der Waals surface area contributed by atoms with Crippen LogP contribution in [0.5, 0.6) is 23.1 Å². The monoisotopic (exact) mass is 422 g/mol. The lowest BCUT2D eigenvalue weighted by molar-refractivity contribution is -0.116. The van der Waals surface area contributed by atoms with Gasteiger partial charge in [0.2, 0.25) is 11.8 Å². The fourth-order valence-corrected chi connectivity index (χ4v) is 3.01. The van der Waals surface area contributed by atoms with E-state index in [1.54, 1.807) is 62.8 Å². The molecule has 0 bridgehead atoms. The molecule has 1 amide bonds. The number of hydrogen-bond donors (Lipinski definition) is 0. The van der Waals surface area contributed by atoms with Crippen LogP contribution in [0.15, 0.2) is 54.6 Å². The van der Waals surface area contributed by atoms with Crippen molar-refractivity contribution in [1.82, 2.24) is 4.98 Å². The first-order valence-corrected chi connectivity index (χ1v) is 9.48. The van der Waals surface area contributed by atoms with E-state index < -0.39 is 0 Å². The Morgan fingerprint density at radius 3 is 2.37 bits per heavy atom.